The highest BCUT2D eigenvalue weighted by Gasteiger charge is 2.06. The van der Waals surface area contributed by atoms with E-state index in [1.54, 1.807) is 18.5 Å². The number of hydrazone groups is 2. The van der Waals surface area contributed by atoms with E-state index < -0.39 is 0 Å². The second-order valence-electron chi connectivity index (χ2n) is 8.37. The van der Waals surface area contributed by atoms with Crippen molar-refractivity contribution in [3.8, 4) is 0 Å². The first-order chi connectivity index (χ1) is 19.1. The van der Waals surface area contributed by atoms with Crippen molar-refractivity contribution in [3.05, 3.63) is 71.4 Å². The van der Waals surface area contributed by atoms with Crippen LogP contribution in [-0.4, -0.2) is 72.1 Å². The second-order valence-corrected chi connectivity index (χ2v) is 9.88. The Hall–Kier alpha value is -2.78. The molecule has 1 aromatic heterocycles. The smallest absolute Gasteiger partial charge is 0.245 e. The summed E-state index contributed by atoms with van der Waals surface area (Å²) in [6.07, 6.45) is 3.43. The van der Waals surface area contributed by atoms with Crippen LogP contribution in [0.3, 0.4) is 0 Å². The predicted molar refractivity (Wildman–Crippen MR) is 169 cm³/mol. The number of aryl methyl sites for hydroxylation is 1. The van der Waals surface area contributed by atoms with Crippen LogP contribution in [0.4, 0.5) is 23.1 Å². The first-order valence-corrected chi connectivity index (χ1v) is 14.6. The molecule has 0 spiro atoms. The molecule has 0 bridgehead atoms. The van der Waals surface area contributed by atoms with Crippen molar-refractivity contribution in [3.63, 3.8) is 0 Å². The molecule has 0 saturated carbocycles. The van der Waals surface area contributed by atoms with Crippen molar-refractivity contribution < 1.29 is 0 Å². The second kappa shape index (κ2) is 17.0. The highest BCUT2D eigenvalue weighted by Crippen LogP contribution is 2.17. The lowest BCUT2D eigenvalue weighted by molar-refractivity contribution is 0.874. The van der Waals surface area contributed by atoms with Crippen LogP contribution in [-0.2, 0) is 0 Å². The number of aromatic nitrogens is 2. The average molecular weight is 610 g/mol. The van der Waals surface area contributed by atoms with Gasteiger partial charge in [0.05, 0.1) is 12.4 Å². The van der Waals surface area contributed by atoms with Crippen LogP contribution in [0.15, 0.2) is 64.8 Å². The van der Waals surface area contributed by atoms with Gasteiger partial charge in [-0.15, -0.1) is 46.4 Å². The maximum atomic E-state index is 5.91. The minimum atomic E-state index is 0.360. The van der Waals surface area contributed by atoms with Crippen molar-refractivity contribution in [1.82, 2.24) is 9.97 Å². The van der Waals surface area contributed by atoms with E-state index in [-0.39, 0.29) is 0 Å². The van der Waals surface area contributed by atoms with E-state index in [0.29, 0.717) is 35.3 Å². The van der Waals surface area contributed by atoms with E-state index in [2.05, 4.69) is 40.8 Å². The van der Waals surface area contributed by atoms with Gasteiger partial charge >= 0.3 is 0 Å². The normalized spacial score (nSPS) is 11.3. The molecule has 2 N–H and O–H groups in total. The van der Waals surface area contributed by atoms with E-state index >= 15 is 0 Å². The fraction of sp³-hybridized carbons (Fsp3) is 0.333. The van der Waals surface area contributed by atoms with Crippen LogP contribution >= 0.6 is 46.4 Å². The van der Waals surface area contributed by atoms with Crippen molar-refractivity contribution in [1.29, 1.82) is 0 Å². The van der Waals surface area contributed by atoms with Crippen LogP contribution < -0.4 is 20.7 Å². The van der Waals surface area contributed by atoms with Crippen LogP contribution in [0.25, 0.3) is 0 Å². The minimum absolute atomic E-state index is 0.360. The molecule has 3 aromatic rings. The molecule has 208 valence electrons. The van der Waals surface area contributed by atoms with Gasteiger partial charge in [-0.1, -0.05) is 24.3 Å². The van der Waals surface area contributed by atoms with Gasteiger partial charge in [0.15, 0.2) is 5.82 Å². The number of anilines is 4. The lowest BCUT2D eigenvalue weighted by atomic mass is 10.2. The Balaban J connectivity index is 1.57. The molecule has 0 aliphatic carbocycles. The summed E-state index contributed by atoms with van der Waals surface area (Å²) in [7, 11) is 0. The third-order valence-electron chi connectivity index (χ3n) is 5.56. The molecule has 0 amide bonds. The molecule has 8 nitrogen and oxygen atoms in total. The Morgan fingerprint density at radius 1 is 0.667 bits per heavy atom. The Labute approximate surface area is 250 Å². The van der Waals surface area contributed by atoms with Gasteiger partial charge in [-0.25, -0.2) is 10.4 Å². The molecule has 1 heterocycles. The summed E-state index contributed by atoms with van der Waals surface area (Å²) < 4.78 is 0. The summed E-state index contributed by atoms with van der Waals surface area (Å²) >= 11 is 23.6. The minimum Gasteiger partial charge on any atom is -0.369 e. The third kappa shape index (κ3) is 10.4. The van der Waals surface area contributed by atoms with Gasteiger partial charge in [0.25, 0.3) is 0 Å². The molecule has 0 unspecified atom stereocenters. The van der Waals surface area contributed by atoms with Gasteiger partial charge in [-0.2, -0.15) is 15.2 Å². The zero-order valence-corrected chi connectivity index (χ0v) is 24.7. The van der Waals surface area contributed by atoms with E-state index in [1.807, 2.05) is 55.5 Å². The van der Waals surface area contributed by atoms with Crippen LogP contribution in [0.2, 0.25) is 0 Å². The Morgan fingerprint density at radius 2 is 1.10 bits per heavy atom. The maximum Gasteiger partial charge on any atom is 0.245 e. The fourth-order valence-corrected chi connectivity index (χ4v) is 4.52. The molecule has 0 radical (unpaired) electrons. The summed E-state index contributed by atoms with van der Waals surface area (Å²) in [5.74, 6) is 3.08. The standard InChI is InChI=1S/C27H32Cl4N8/c1-21-18-26(36-32-19-22-2-6-24(7-3-22)38(14-10-28)15-11-29)35-27(34-21)37-33-20-23-4-8-25(9-5-23)39(16-12-30)17-13-31/h2-9,18-20H,10-17H2,1H3,(H2,34,35,36,37)/b32-19+,33-20+. The highest BCUT2D eigenvalue weighted by atomic mass is 35.5. The van der Waals surface area contributed by atoms with E-state index in [1.165, 1.54) is 0 Å². The summed E-state index contributed by atoms with van der Waals surface area (Å²) in [4.78, 5) is 13.1. The van der Waals surface area contributed by atoms with Gasteiger partial charge in [0, 0.05) is 72.8 Å². The first kappa shape index (κ1) is 30.8. The molecule has 39 heavy (non-hydrogen) atoms. The van der Waals surface area contributed by atoms with Gasteiger partial charge in [-0.05, 0) is 42.3 Å². The van der Waals surface area contributed by atoms with Crippen LogP contribution in [0.1, 0.15) is 16.8 Å². The van der Waals surface area contributed by atoms with Gasteiger partial charge in [-0.3, -0.25) is 5.43 Å². The molecule has 2 aromatic carbocycles. The van der Waals surface area contributed by atoms with Crippen molar-refractivity contribution in [2.24, 2.45) is 10.2 Å². The predicted octanol–water partition coefficient (Wildman–Crippen LogP) is 6.25. The van der Waals surface area contributed by atoms with Crippen LogP contribution in [0, 0.1) is 6.92 Å². The maximum absolute atomic E-state index is 5.91. The van der Waals surface area contributed by atoms with E-state index in [0.717, 1.165) is 54.4 Å². The Morgan fingerprint density at radius 3 is 1.54 bits per heavy atom. The summed E-state index contributed by atoms with van der Waals surface area (Å²) in [6, 6.07) is 17.8. The molecule has 0 atom stereocenters. The van der Waals surface area contributed by atoms with Gasteiger partial charge in [0.1, 0.15) is 0 Å². The Bertz CT molecular complexity index is 1090. The summed E-state index contributed by atoms with van der Waals surface area (Å²) in [5, 5.41) is 8.59. The fourth-order valence-electron chi connectivity index (χ4n) is 3.70. The largest absolute Gasteiger partial charge is 0.369 e. The number of benzene rings is 2. The number of alkyl halides is 4. The molecular formula is C27H32Cl4N8. The van der Waals surface area contributed by atoms with Crippen molar-refractivity contribution in [2.45, 2.75) is 6.92 Å². The molecule has 3 rings (SSSR count). The quantitative estimate of drug-likeness (QED) is 0.114. The highest BCUT2D eigenvalue weighted by molar-refractivity contribution is 6.19. The molecule has 0 fully saturated rings. The van der Waals surface area contributed by atoms with Crippen molar-refractivity contribution in [2.75, 3.05) is 70.4 Å². The lowest BCUT2D eigenvalue weighted by Crippen LogP contribution is -2.27. The van der Waals surface area contributed by atoms with Gasteiger partial charge < -0.3 is 9.80 Å². The SMILES string of the molecule is Cc1cc(N/N=C/c2ccc(N(CCCl)CCCl)cc2)nc(N/N=C/c2ccc(N(CCCl)CCCl)cc2)n1. The zero-order valence-electron chi connectivity index (χ0n) is 21.7. The molecular weight excluding hydrogens is 578 g/mol. The Kier molecular flexibility index (Phi) is 13.4. The number of hydrogen-bond acceptors (Lipinski definition) is 8. The molecule has 0 aliphatic heterocycles. The van der Waals surface area contributed by atoms with E-state index in [9.17, 15) is 0 Å². The summed E-state index contributed by atoms with van der Waals surface area (Å²) in [5.41, 5.74) is 10.6. The molecule has 0 aliphatic rings. The molecule has 12 heteroatoms. The lowest BCUT2D eigenvalue weighted by Gasteiger charge is -2.22. The van der Waals surface area contributed by atoms with Crippen LogP contribution in [0.5, 0.6) is 0 Å². The topological polar surface area (TPSA) is 81.0 Å². The number of hydrogen-bond donors (Lipinski definition) is 2. The first-order valence-electron chi connectivity index (χ1n) is 12.4. The number of nitrogens with one attached hydrogen (secondary N) is 2. The number of nitrogens with zero attached hydrogens (tertiary/aromatic N) is 6. The summed E-state index contributed by atoms with van der Waals surface area (Å²) in [6.45, 7) is 4.84. The molecule has 0 saturated heterocycles. The van der Waals surface area contributed by atoms with Gasteiger partial charge in [0.2, 0.25) is 5.95 Å². The van der Waals surface area contributed by atoms with E-state index in [4.69, 9.17) is 46.4 Å². The third-order valence-corrected chi connectivity index (χ3v) is 6.24. The number of rotatable bonds is 16. The monoisotopic (exact) mass is 608 g/mol. The number of halogens is 4. The van der Waals surface area contributed by atoms with Crippen molar-refractivity contribution >= 4 is 82.0 Å². The zero-order chi connectivity index (χ0) is 27.9. The average Bonchev–Trinajstić information content (AvgIpc) is 2.93.